The Morgan fingerprint density at radius 2 is 1.88 bits per heavy atom. The van der Waals surface area contributed by atoms with Crippen LogP contribution in [0.1, 0.15) is 38.2 Å². The van der Waals surface area contributed by atoms with Crippen molar-refractivity contribution in [2.24, 2.45) is 0 Å². The zero-order valence-electron chi connectivity index (χ0n) is 14.2. The van der Waals surface area contributed by atoms with Crippen molar-refractivity contribution in [3.05, 3.63) is 40.2 Å². The molecule has 0 N–H and O–H groups in total. The molecule has 1 aliphatic heterocycles. The van der Waals surface area contributed by atoms with Crippen LogP contribution in [0.4, 0.5) is 0 Å². The van der Waals surface area contributed by atoms with Gasteiger partial charge in [-0.1, -0.05) is 12.8 Å². The van der Waals surface area contributed by atoms with E-state index in [0.717, 1.165) is 36.9 Å². The van der Waals surface area contributed by atoms with Crippen molar-refractivity contribution in [2.45, 2.75) is 45.6 Å². The Kier molecular flexibility index (Phi) is 4.88. The first kappa shape index (κ1) is 16.6. The average molecular weight is 329 g/mol. The summed E-state index contributed by atoms with van der Waals surface area (Å²) >= 11 is 0. The first-order chi connectivity index (χ1) is 11.5. The summed E-state index contributed by atoms with van der Waals surface area (Å²) in [5.74, 6) is 0.642. The molecule has 128 valence electrons. The summed E-state index contributed by atoms with van der Waals surface area (Å²) in [5.41, 5.74) is 0.996. The van der Waals surface area contributed by atoms with E-state index < -0.39 is 6.10 Å². The Morgan fingerprint density at radius 1 is 1.17 bits per heavy atom. The first-order valence-electron chi connectivity index (χ1n) is 8.54. The highest BCUT2D eigenvalue weighted by Gasteiger charge is 2.23. The predicted molar refractivity (Wildman–Crippen MR) is 92.4 cm³/mol. The number of hydrogen-bond donors (Lipinski definition) is 0. The van der Waals surface area contributed by atoms with Crippen LogP contribution >= 0.6 is 0 Å². The van der Waals surface area contributed by atoms with Crippen molar-refractivity contribution in [2.75, 3.05) is 13.1 Å². The van der Waals surface area contributed by atoms with E-state index >= 15 is 0 Å². The molecule has 1 aromatic heterocycles. The molecular formula is C19H23NO4. The van der Waals surface area contributed by atoms with Crippen LogP contribution in [-0.4, -0.2) is 30.0 Å². The molecule has 2 aromatic rings. The van der Waals surface area contributed by atoms with Crippen LogP contribution < -0.4 is 10.4 Å². The number of hydrogen-bond acceptors (Lipinski definition) is 4. The summed E-state index contributed by atoms with van der Waals surface area (Å²) in [5, 5.41) is 0.821. The number of carbonyl (C=O) groups is 1. The van der Waals surface area contributed by atoms with Crippen LogP contribution in [0.25, 0.3) is 11.0 Å². The second-order valence-corrected chi connectivity index (χ2v) is 6.41. The third-order valence-electron chi connectivity index (χ3n) is 4.50. The maximum absolute atomic E-state index is 12.6. The largest absolute Gasteiger partial charge is 0.481 e. The quantitative estimate of drug-likeness (QED) is 0.811. The molecule has 1 atom stereocenters. The molecule has 5 nitrogen and oxygen atoms in total. The highest BCUT2D eigenvalue weighted by Crippen LogP contribution is 2.23. The highest BCUT2D eigenvalue weighted by molar-refractivity contribution is 5.83. The monoisotopic (exact) mass is 329 g/mol. The Bertz CT molecular complexity index is 788. The molecule has 3 rings (SSSR count). The van der Waals surface area contributed by atoms with E-state index in [1.807, 2.05) is 17.9 Å². The van der Waals surface area contributed by atoms with Gasteiger partial charge in [0, 0.05) is 24.5 Å². The molecular weight excluding hydrogens is 306 g/mol. The van der Waals surface area contributed by atoms with Crippen molar-refractivity contribution < 1.29 is 13.9 Å². The highest BCUT2D eigenvalue weighted by atomic mass is 16.5. The van der Waals surface area contributed by atoms with Gasteiger partial charge in [-0.15, -0.1) is 0 Å². The Labute approximate surface area is 141 Å². The van der Waals surface area contributed by atoms with E-state index in [0.29, 0.717) is 11.3 Å². The number of aryl methyl sites for hydroxylation is 1. The van der Waals surface area contributed by atoms with Crippen LogP contribution in [0, 0.1) is 6.92 Å². The van der Waals surface area contributed by atoms with E-state index in [9.17, 15) is 9.59 Å². The lowest BCUT2D eigenvalue weighted by molar-refractivity contribution is -0.137. The Balaban J connectivity index is 1.76. The molecule has 0 bridgehead atoms. The van der Waals surface area contributed by atoms with E-state index in [2.05, 4.69) is 0 Å². The number of likely N-dealkylation sites (tertiary alicyclic amines) is 1. The van der Waals surface area contributed by atoms with Crippen LogP contribution in [-0.2, 0) is 4.79 Å². The summed E-state index contributed by atoms with van der Waals surface area (Å²) in [6.45, 7) is 5.27. The third kappa shape index (κ3) is 3.61. The SMILES string of the molecule is Cc1cc(=O)oc2ccc(OC(C)C(=O)N3CCCCCC3)cc12. The lowest BCUT2D eigenvalue weighted by Gasteiger charge is -2.24. The van der Waals surface area contributed by atoms with Gasteiger partial charge in [0.25, 0.3) is 5.91 Å². The molecule has 0 aliphatic carbocycles. The number of rotatable bonds is 3. The summed E-state index contributed by atoms with van der Waals surface area (Å²) in [6.07, 6.45) is 3.97. The van der Waals surface area contributed by atoms with Crippen LogP contribution in [0.5, 0.6) is 5.75 Å². The standard InChI is InChI=1S/C19H23NO4/c1-13-11-18(21)24-17-8-7-15(12-16(13)17)23-14(2)19(22)20-9-5-3-4-6-10-20/h7-8,11-12,14H,3-6,9-10H2,1-2H3. The predicted octanol–water partition coefficient (Wildman–Crippen LogP) is 3.27. The van der Waals surface area contributed by atoms with E-state index in [1.54, 1.807) is 19.1 Å². The van der Waals surface area contributed by atoms with Gasteiger partial charge < -0.3 is 14.1 Å². The van der Waals surface area contributed by atoms with Gasteiger partial charge in [0.15, 0.2) is 6.10 Å². The van der Waals surface area contributed by atoms with Crippen molar-refractivity contribution >= 4 is 16.9 Å². The summed E-state index contributed by atoms with van der Waals surface area (Å²) in [4.78, 5) is 25.9. The molecule has 1 fully saturated rings. The molecule has 0 radical (unpaired) electrons. The fourth-order valence-corrected chi connectivity index (χ4v) is 3.17. The minimum absolute atomic E-state index is 0.0355. The van der Waals surface area contributed by atoms with Crippen LogP contribution in [0.15, 0.2) is 33.5 Å². The van der Waals surface area contributed by atoms with Gasteiger partial charge in [-0.2, -0.15) is 0 Å². The molecule has 1 aromatic carbocycles. The number of carbonyl (C=O) groups excluding carboxylic acids is 1. The summed E-state index contributed by atoms with van der Waals surface area (Å²) in [6, 6.07) is 6.72. The number of amides is 1. The first-order valence-corrected chi connectivity index (χ1v) is 8.54. The van der Waals surface area contributed by atoms with Gasteiger partial charge in [0.05, 0.1) is 0 Å². The van der Waals surface area contributed by atoms with Crippen molar-refractivity contribution in [1.29, 1.82) is 0 Å². The Hall–Kier alpha value is -2.30. The lowest BCUT2D eigenvalue weighted by atomic mass is 10.1. The normalized spacial score (nSPS) is 16.7. The van der Waals surface area contributed by atoms with Gasteiger partial charge in [-0.3, -0.25) is 4.79 Å². The molecule has 2 heterocycles. The van der Waals surface area contributed by atoms with Crippen molar-refractivity contribution in [1.82, 2.24) is 4.90 Å². The maximum Gasteiger partial charge on any atom is 0.336 e. The molecule has 1 amide bonds. The van der Waals surface area contributed by atoms with E-state index in [1.165, 1.54) is 18.9 Å². The second kappa shape index (κ2) is 7.07. The van der Waals surface area contributed by atoms with Crippen LogP contribution in [0.2, 0.25) is 0 Å². The van der Waals surface area contributed by atoms with Crippen LogP contribution in [0.3, 0.4) is 0 Å². The zero-order chi connectivity index (χ0) is 17.1. The van der Waals surface area contributed by atoms with Gasteiger partial charge in [-0.05, 0) is 50.5 Å². The number of benzene rings is 1. The minimum atomic E-state index is -0.531. The van der Waals surface area contributed by atoms with Crippen molar-refractivity contribution in [3.8, 4) is 5.75 Å². The molecule has 1 unspecified atom stereocenters. The molecule has 5 heteroatoms. The fourth-order valence-electron chi connectivity index (χ4n) is 3.17. The molecule has 1 saturated heterocycles. The number of nitrogens with zero attached hydrogens (tertiary/aromatic N) is 1. The number of ether oxygens (including phenoxy) is 1. The van der Waals surface area contributed by atoms with Gasteiger partial charge in [-0.25, -0.2) is 4.79 Å². The topological polar surface area (TPSA) is 59.8 Å². The van der Waals surface area contributed by atoms with Gasteiger partial charge in [0.2, 0.25) is 0 Å². The smallest absolute Gasteiger partial charge is 0.336 e. The maximum atomic E-state index is 12.6. The molecule has 24 heavy (non-hydrogen) atoms. The lowest BCUT2D eigenvalue weighted by Crippen LogP contribution is -2.40. The number of fused-ring (bicyclic) bond motifs is 1. The second-order valence-electron chi connectivity index (χ2n) is 6.41. The van der Waals surface area contributed by atoms with Gasteiger partial charge >= 0.3 is 5.63 Å². The fraction of sp³-hybridized carbons (Fsp3) is 0.474. The van der Waals surface area contributed by atoms with E-state index in [-0.39, 0.29) is 11.5 Å². The Morgan fingerprint density at radius 3 is 2.58 bits per heavy atom. The van der Waals surface area contributed by atoms with Crippen molar-refractivity contribution in [3.63, 3.8) is 0 Å². The molecule has 1 aliphatic rings. The summed E-state index contributed by atoms with van der Waals surface area (Å²) in [7, 11) is 0. The third-order valence-corrected chi connectivity index (χ3v) is 4.50. The molecule has 0 saturated carbocycles. The minimum Gasteiger partial charge on any atom is -0.481 e. The zero-order valence-corrected chi connectivity index (χ0v) is 14.2. The average Bonchev–Trinajstić information content (AvgIpc) is 2.84. The van der Waals surface area contributed by atoms with E-state index in [4.69, 9.17) is 9.15 Å². The molecule has 0 spiro atoms. The summed E-state index contributed by atoms with van der Waals surface area (Å²) < 4.78 is 11.0. The van der Waals surface area contributed by atoms with Gasteiger partial charge in [0.1, 0.15) is 11.3 Å².